The molecule has 0 aliphatic rings. The number of hydrogen-bond acceptors (Lipinski definition) is 3. The number of fused-ring (bicyclic) bond motifs is 12. The van der Waals surface area contributed by atoms with Crippen LogP contribution in [-0.2, 0) is 5.41 Å². The minimum absolute atomic E-state index is 0.0702. The molecule has 2 heterocycles. The summed E-state index contributed by atoms with van der Waals surface area (Å²) in [5.41, 5.74) is 6.53. The van der Waals surface area contributed by atoms with E-state index < -0.39 is 0 Å². The molecule has 0 spiro atoms. The summed E-state index contributed by atoms with van der Waals surface area (Å²) in [5, 5.41) is 12.6. The van der Waals surface area contributed by atoms with Crippen molar-refractivity contribution in [3.8, 4) is 0 Å². The van der Waals surface area contributed by atoms with Gasteiger partial charge in [0.05, 0.1) is 0 Å². The number of rotatable bonds is 3. The van der Waals surface area contributed by atoms with Crippen LogP contribution in [-0.4, -0.2) is 0 Å². The largest absolute Gasteiger partial charge is 0.456 e. The summed E-state index contributed by atoms with van der Waals surface area (Å²) >= 11 is 1.88. The summed E-state index contributed by atoms with van der Waals surface area (Å²) in [7, 11) is 0. The van der Waals surface area contributed by atoms with Crippen molar-refractivity contribution in [1.82, 2.24) is 0 Å². The molecule has 0 radical (unpaired) electrons. The van der Waals surface area contributed by atoms with E-state index in [1.54, 1.807) is 0 Å². The maximum Gasteiger partial charge on any atom is 0.135 e. The van der Waals surface area contributed by atoms with Gasteiger partial charge in [0, 0.05) is 48.0 Å². The van der Waals surface area contributed by atoms with E-state index in [1.807, 2.05) is 23.5 Å². The summed E-state index contributed by atoms with van der Waals surface area (Å²) in [5.74, 6) is 0. The van der Waals surface area contributed by atoms with Crippen LogP contribution in [0.15, 0.2) is 150 Å². The van der Waals surface area contributed by atoms with E-state index >= 15 is 0 Å². The van der Waals surface area contributed by atoms with Gasteiger partial charge in [0.1, 0.15) is 11.2 Å². The molecule has 0 amide bonds. The van der Waals surface area contributed by atoms with Gasteiger partial charge in [0.15, 0.2) is 0 Å². The predicted molar refractivity (Wildman–Crippen MR) is 213 cm³/mol. The number of hydrogen-bond donors (Lipinski definition) is 0. The van der Waals surface area contributed by atoms with Gasteiger partial charge in [0.25, 0.3) is 0 Å². The Kier molecular flexibility index (Phi) is 6.04. The van der Waals surface area contributed by atoms with Crippen molar-refractivity contribution in [2.45, 2.75) is 26.2 Å². The molecule has 0 aliphatic heterocycles. The summed E-state index contributed by atoms with van der Waals surface area (Å²) < 4.78 is 8.89. The van der Waals surface area contributed by atoms with Crippen LogP contribution >= 0.6 is 11.3 Å². The van der Waals surface area contributed by atoms with Crippen LogP contribution in [0.3, 0.4) is 0 Å². The molecule has 0 atom stereocenters. The van der Waals surface area contributed by atoms with Gasteiger partial charge >= 0.3 is 0 Å². The molecule has 0 bridgehead atoms. The average molecular weight is 648 g/mol. The third-order valence-corrected chi connectivity index (χ3v) is 11.3. The maximum atomic E-state index is 6.23. The Morgan fingerprint density at radius 2 is 0.959 bits per heavy atom. The summed E-state index contributed by atoms with van der Waals surface area (Å²) in [4.78, 5) is 2.39. The first-order valence-electron chi connectivity index (χ1n) is 16.9. The van der Waals surface area contributed by atoms with Crippen molar-refractivity contribution in [1.29, 1.82) is 0 Å². The summed E-state index contributed by atoms with van der Waals surface area (Å²) in [6.45, 7) is 6.80. The number of benzene rings is 8. The normalized spacial score (nSPS) is 12.4. The van der Waals surface area contributed by atoms with Gasteiger partial charge in [-0.05, 0) is 110 Å². The molecule has 10 aromatic rings. The van der Waals surface area contributed by atoms with Crippen molar-refractivity contribution in [2.75, 3.05) is 4.90 Å². The second-order valence-electron chi connectivity index (χ2n) is 14.2. The molecule has 234 valence electrons. The lowest BCUT2D eigenvalue weighted by Crippen LogP contribution is -2.13. The minimum atomic E-state index is 0.0702. The van der Waals surface area contributed by atoms with Crippen LogP contribution in [0.2, 0.25) is 0 Å². The first-order chi connectivity index (χ1) is 23.9. The molecule has 8 aromatic carbocycles. The molecule has 2 aromatic heterocycles. The van der Waals surface area contributed by atoms with Gasteiger partial charge in [-0.3, -0.25) is 0 Å². The number of anilines is 3. The molecule has 0 saturated heterocycles. The third kappa shape index (κ3) is 4.39. The highest BCUT2D eigenvalue weighted by Crippen LogP contribution is 2.45. The van der Waals surface area contributed by atoms with Crippen molar-refractivity contribution in [2.24, 2.45) is 0 Å². The monoisotopic (exact) mass is 647 g/mol. The van der Waals surface area contributed by atoms with Gasteiger partial charge in [0.2, 0.25) is 0 Å². The van der Waals surface area contributed by atoms with Crippen LogP contribution in [0.25, 0.3) is 74.4 Å². The number of thiophene rings is 1. The second-order valence-corrected chi connectivity index (χ2v) is 15.3. The fraction of sp³-hybridized carbons (Fsp3) is 0.0870. The lowest BCUT2D eigenvalue weighted by molar-refractivity contribution is 0.590. The maximum absolute atomic E-state index is 6.23. The molecule has 0 N–H and O–H groups in total. The topological polar surface area (TPSA) is 16.4 Å². The van der Waals surface area contributed by atoms with E-state index in [2.05, 4.69) is 159 Å². The molecular formula is C46H33NOS. The van der Waals surface area contributed by atoms with Gasteiger partial charge < -0.3 is 9.32 Å². The molecule has 0 aliphatic carbocycles. The molecule has 0 unspecified atom stereocenters. The van der Waals surface area contributed by atoms with Gasteiger partial charge in [-0.25, -0.2) is 0 Å². The SMILES string of the molecule is CC(C)(C)c1ccc(N(c2ccc3oc4ccccc4c3c2)c2ccc3c(c2)c2ccccc2c2cc4c(cc32)sc2ccccc24)cc1. The van der Waals surface area contributed by atoms with Crippen LogP contribution in [0.1, 0.15) is 26.3 Å². The van der Waals surface area contributed by atoms with E-state index in [4.69, 9.17) is 4.42 Å². The fourth-order valence-corrected chi connectivity index (χ4v) is 8.84. The van der Waals surface area contributed by atoms with E-state index in [0.29, 0.717) is 0 Å². The lowest BCUT2D eigenvalue weighted by atomic mass is 9.87. The fourth-order valence-electron chi connectivity index (χ4n) is 7.71. The van der Waals surface area contributed by atoms with Gasteiger partial charge in [-0.2, -0.15) is 0 Å². The summed E-state index contributed by atoms with van der Waals surface area (Å²) in [6.07, 6.45) is 0. The predicted octanol–water partition coefficient (Wildman–Crippen LogP) is 14.2. The van der Waals surface area contributed by atoms with Crippen molar-refractivity contribution in [3.63, 3.8) is 0 Å². The first kappa shape index (κ1) is 28.4. The Morgan fingerprint density at radius 1 is 0.408 bits per heavy atom. The van der Waals surface area contributed by atoms with E-state index in [1.165, 1.54) is 58.1 Å². The third-order valence-electron chi connectivity index (χ3n) is 10.2. The zero-order chi connectivity index (χ0) is 32.9. The zero-order valence-electron chi connectivity index (χ0n) is 27.6. The molecule has 2 nitrogen and oxygen atoms in total. The smallest absolute Gasteiger partial charge is 0.135 e. The molecule has 10 rings (SSSR count). The Balaban J connectivity index is 1.24. The van der Waals surface area contributed by atoms with Crippen molar-refractivity contribution >= 4 is 103 Å². The van der Waals surface area contributed by atoms with Crippen LogP contribution < -0.4 is 4.90 Å². The zero-order valence-corrected chi connectivity index (χ0v) is 28.4. The molecule has 3 heteroatoms. The van der Waals surface area contributed by atoms with Crippen molar-refractivity contribution in [3.05, 3.63) is 151 Å². The summed E-state index contributed by atoms with van der Waals surface area (Å²) in [6, 6.07) is 53.5. The average Bonchev–Trinajstić information content (AvgIpc) is 3.68. The Bertz CT molecular complexity index is 2920. The molecule has 49 heavy (non-hydrogen) atoms. The first-order valence-corrected chi connectivity index (χ1v) is 17.7. The van der Waals surface area contributed by atoms with E-state index in [9.17, 15) is 0 Å². The van der Waals surface area contributed by atoms with E-state index in [-0.39, 0.29) is 5.41 Å². The van der Waals surface area contributed by atoms with Crippen LogP contribution in [0.4, 0.5) is 17.1 Å². The van der Waals surface area contributed by atoms with Gasteiger partial charge in [-0.15, -0.1) is 11.3 Å². The highest BCUT2D eigenvalue weighted by Gasteiger charge is 2.20. The Hall–Kier alpha value is -5.64. The van der Waals surface area contributed by atoms with Crippen molar-refractivity contribution < 1.29 is 4.42 Å². The number of furan rings is 1. The number of para-hydroxylation sites is 1. The van der Waals surface area contributed by atoms with Crippen LogP contribution in [0.5, 0.6) is 0 Å². The standard InChI is InChI=1S/C46H33NOS/c1-46(2,3)28-16-18-29(19-17-28)47(31-21-23-43-40(25-31)35-12-6-8-14-42(35)48-43)30-20-22-34-37(24-30)32-10-4-5-11-33(32)38-26-41-36-13-7-9-15-44(36)49-45(41)27-39(34)38/h4-27H,1-3H3. The highest BCUT2D eigenvalue weighted by atomic mass is 32.1. The number of nitrogens with zero attached hydrogens (tertiary/aromatic N) is 1. The minimum Gasteiger partial charge on any atom is -0.456 e. The highest BCUT2D eigenvalue weighted by molar-refractivity contribution is 7.25. The molecule has 0 saturated carbocycles. The van der Waals surface area contributed by atoms with E-state index in [0.717, 1.165) is 39.0 Å². The Labute approximate surface area is 288 Å². The quantitative estimate of drug-likeness (QED) is 0.177. The van der Waals surface area contributed by atoms with Gasteiger partial charge in [-0.1, -0.05) is 99.6 Å². The van der Waals surface area contributed by atoms with Crippen LogP contribution in [0, 0.1) is 0 Å². The second kappa shape index (κ2) is 10.4. The molecule has 0 fully saturated rings. The lowest BCUT2D eigenvalue weighted by Gasteiger charge is -2.27. The Morgan fingerprint density at radius 3 is 1.71 bits per heavy atom. The molecular weight excluding hydrogens is 615 g/mol.